The van der Waals surface area contributed by atoms with Gasteiger partial charge in [0, 0.05) is 24.7 Å². The van der Waals surface area contributed by atoms with Crippen LogP contribution in [0.2, 0.25) is 0 Å². The molecule has 7 heteroatoms. The zero-order valence-electron chi connectivity index (χ0n) is 15.7. The van der Waals surface area contributed by atoms with Crippen LogP contribution in [0.25, 0.3) is 11.0 Å². The minimum atomic E-state index is -0.0991. The molecule has 0 saturated heterocycles. The Morgan fingerprint density at radius 2 is 1.92 bits per heavy atom. The number of aryl methyl sites for hydroxylation is 5. The maximum absolute atomic E-state index is 13.2. The molecule has 3 rings (SSSR count). The summed E-state index contributed by atoms with van der Waals surface area (Å²) in [6.07, 6.45) is 0. The normalized spacial score (nSPS) is 12.6. The van der Waals surface area contributed by atoms with E-state index in [1.54, 1.807) is 20.9 Å². The predicted molar refractivity (Wildman–Crippen MR) is 100 cm³/mol. The molecular formula is C18H23N5OS. The summed E-state index contributed by atoms with van der Waals surface area (Å²) in [6.45, 7) is 9.86. The first-order valence-corrected chi connectivity index (χ1v) is 9.04. The highest BCUT2D eigenvalue weighted by Gasteiger charge is 2.26. The fraction of sp³-hybridized carbons (Fsp3) is 0.444. The van der Waals surface area contributed by atoms with Gasteiger partial charge in [-0.3, -0.25) is 9.48 Å². The largest absolute Gasteiger partial charge is 0.333 e. The Morgan fingerprint density at radius 3 is 2.52 bits per heavy atom. The van der Waals surface area contributed by atoms with E-state index in [1.807, 2.05) is 47.9 Å². The van der Waals surface area contributed by atoms with Crippen molar-refractivity contribution in [1.82, 2.24) is 24.6 Å². The standard InChI is InChI=1S/C18H23N5OS/c1-9-8-14(15-10(2)21-23(7)17(15)19-9)18(24)22(6)11(3)16-12(4)25-13(5)20-16/h8,11H,1-7H3/t11-/m1/s1. The summed E-state index contributed by atoms with van der Waals surface area (Å²) in [7, 11) is 3.68. The van der Waals surface area contributed by atoms with Crippen LogP contribution in [-0.4, -0.2) is 37.6 Å². The van der Waals surface area contributed by atoms with Crippen molar-refractivity contribution >= 4 is 28.3 Å². The fourth-order valence-corrected chi connectivity index (χ4v) is 4.13. The minimum Gasteiger partial charge on any atom is -0.333 e. The van der Waals surface area contributed by atoms with Crippen molar-refractivity contribution in [2.45, 2.75) is 40.7 Å². The quantitative estimate of drug-likeness (QED) is 0.720. The molecule has 0 aliphatic rings. The first kappa shape index (κ1) is 17.5. The van der Waals surface area contributed by atoms with E-state index in [1.165, 1.54) is 0 Å². The van der Waals surface area contributed by atoms with E-state index in [4.69, 9.17) is 0 Å². The number of thiazole rings is 1. The number of hydrogen-bond donors (Lipinski definition) is 0. The second-order valence-electron chi connectivity index (χ2n) is 6.49. The highest BCUT2D eigenvalue weighted by molar-refractivity contribution is 7.11. The van der Waals surface area contributed by atoms with Gasteiger partial charge in [-0.05, 0) is 40.7 Å². The fourth-order valence-electron chi connectivity index (χ4n) is 3.22. The molecule has 3 aromatic heterocycles. The molecule has 0 aliphatic carbocycles. The monoisotopic (exact) mass is 357 g/mol. The second-order valence-corrected chi connectivity index (χ2v) is 7.89. The third-order valence-electron chi connectivity index (χ3n) is 4.56. The van der Waals surface area contributed by atoms with E-state index in [9.17, 15) is 4.79 Å². The molecule has 0 N–H and O–H groups in total. The molecule has 132 valence electrons. The number of carbonyl (C=O) groups is 1. The average Bonchev–Trinajstić information content (AvgIpc) is 3.03. The summed E-state index contributed by atoms with van der Waals surface area (Å²) in [4.78, 5) is 25.3. The molecule has 0 radical (unpaired) electrons. The third kappa shape index (κ3) is 2.93. The number of amides is 1. The minimum absolute atomic E-state index is 0.0378. The Morgan fingerprint density at radius 1 is 1.24 bits per heavy atom. The van der Waals surface area contributed by atoms with Gasteiger partial charge in [-0.15, -0.1) is 11.3 Å². The van der Waals surface area contributed by atoms with Gasteiger partial charge >= 0.3 is 0 Å². The molecule has 0 saturated carbocycles. The molecule has 3 aromatic rings. The molecule has 0 fully saturated rings. The van der Waals surface area contributed by atoms with Crippen LogP contribution in [0.4, 0.5) is 0 Å². The van der Waals surface area contributed by atoms with Crippen molar-refractivity contribution in [2.24, 2.45) is 7.05 Å². The van der Waals surface area contributed by atoms with Gasteiger partial charge in [0.05, 0.1) is 33.4 Å². The summed E-state index contributed by atoms with van der Waals surface area (Å²) < 4.78 is 1.73. The lowest BCUT2D eigenvalue weighted by atomic mass is 10.1. The number of fused-ring (bicyclic) bond motifs is 1. The van der Waals surface area contributed by atoms with Gasteiger partial charge in [0.1, 0.15) is 0 Å². The summed E-state index contributed by atoms with van der Waals surface area (Å²) in [5.41, 5.74) is 3.97. The van der Waals surface area contributed by atoms with E-state index in [0.717, 1.165) is 38.0 Å². The van der Waals surface area contributed by atoms with Crippen LogP contribution in [0.15, 0.2) is 6.07 Å². The number of carbonyl (C=O) groups excluding carboxylic acids is 1. The number of nitrogens with zero attached hydrogens (tertiary/aromatic N) is 5. The molecule has 1 amide bonds. The van der Waals surface area contributed by atoms with Crippen LogP contribution in [0, 0.1) is 27.7 Å². The van der Waals surface area contributed by atoms with Gasteiger partial charge in [0.2, 0.25) is 0 Å². The molecule has 25 heavy (non-hydrogen) atoms. The van der Waals surface area contributed by atoms with E-state index >= 15 is 0 Å². The van der Waals surface area contributed by atoms with Crippen molar-refractivity contribution in [2.75, 3.05) is 7.05 Å². The van der Waals surface area contributed by atoms with Crippen molar-refractivity contribution in [3.8, 4) is 0 Å². The Bertz CT molecular complexity index is 972. The summed E-state index contributed by atoms with van der Waals surface area (Å²) in [5, 5.41) is 6.27. The highest BCUT2D eigenvalue weighted by Crippen LogP contribution is 2.29. The van der Waals surface area contributed by atoms with Crippen molar-refractivity contribution in [1.29, 1.82) is 0 Å². The predicted octanol–water partition coefficient (Wildman–Crippen LogP) is 3.49. The van der Waals surface area contributed by atoms with Crippen molar-refractivity contribution in [3.05, 3.63) is 38.6 Å². The zero-order chi connectivity index (χ0) is 18.5. The maximum atomic E-state index is 13.2. The molecule has 0 spiro atoms. The molecular weight excluding hydrogens is 334 g/mol. The average molecular weight is 357 g/mol. The number of pyridine rings is 1. The topological polar surface area (TPSA) is 63.9 Å². The number of hydrogen-bond acceptors (Lipinski definition) is 5. The Kier molecular flexibility index (Phi) is 4.36. The first-order valence-electron chi connectivity index (χ1n) is 8.22. The molecule has 3 heterocycles. The summed E-state index contributed by atoms with van der Waals surface area (Å²) in [5.74, 6) is -0.0378. The first-order chi connectivity index (χ1) is 11.7. The van der Waals surface area contributed by atoms with Crippen LogP contribution in [0.3, 0.4) is 0 Å². The van der Waals surface area contributed by atoms with E-state index in [2.05, 4.69) is 22.0 Å². The summed E-state index contributed by atoms with van der Waals surface area (Å²) in [6, 6.07) is 1.75. The highest BCUT2D eigenvalue weighted by atomic mass is 32.1. The number of rotatable bonds is 3. The molecule has 6 nitrogen and oxygen atoms in total. The maximum Gasteiger partial charge on any atom is 0.255 e. The lowest BCUT2D eigenvalue weighted by Gasteiger charge is -2.25. The van der Waals surface area contributed by atoms with E-state index in [-0.39, 0.29) is 11.9 Å². The van der Waals surface area contributed by atoms with Crippen LogP contribution >= 0.6 is 11.3 Å². The smallest absolute Gasteiger partial charge is 0.255 e. The van der Waals surface area contributed by atoms with Gasteiger partial charge in [0.15, 0.2) is 5.65 Å². The summed E-state index contributed by atoms with van der Waals surface area (Å²) >= 11 is 1.66. The van der Waals surface area contributed by atoms with Crippen molar-refractivity contribution in [3.63, 3.8) is 0 Å². The number of aromatic nitrogens is 4. The Hall–Kier alpha value is -2.28. The van der Waals surface area contributed by atoms with Gasteiger partial charge in [0.25, 0.3) is 5.91 Å². The molecule has 0 aromatic carbocycles. The van der Waals surface area contributed by atoms with Crippen LogP contribution in [-0.2, 0) is 7.05 Å². The molecule has 0 unspecified atom stereocenters. The Labute approximate surface area is 151 Å². The van der Waals surface area contributed by atoms with Crippen molar-refractivity contribution < 1.29 is 4.79 Å². The van der Waals surface area contributed by atoms with Gasteiger partial charge in [-0.25, -0.2) is 9.97 Å². The van der Waals surface area contributed by atoms with Gasteiger partial charge in [-0.1, -0.05) is 0 Å². The van der Waals surface area contributed by atoms with Gasteiger partial charge < -0.3 is 4.90 Å². The second kappa shape index (κ2) is 6.22. The zero-order valence-corrected chi connectivity index (χ0v) is 16.5. The third-order valence-corrected chi connectivity index (χ3v) is 5.47. The molecule has 0 bridgehead atoms. The van der Waals surface area contributed by atoms with Gasteiger partial charge in [-0.2, -0.15) is 5.10 Å². The Balaban J connectivity index is 2.06. The lowest BCUT2D eigenvalue weighted by molar-refractivity contribution is 0.0741. The van der Waals surface area contributed by atoms with Crippen LogP contribution in [0.5, 0.6) is 0 Å². The molecule has 1 atom stereocenters. The van der Waals surface area contributed by atoms with E-state index in [0.29, 0.717) is 5.56 Å². The lowest BCUT2D eigenvalue weighted by Crippen LogP contribution is -2.30. The SMILES string of the molecule is Cc1cc(C(=O)N(C)[C@H](C)c2nc(C)sc2C)c2c(C)nn(C)c2n1. The van der Waals surface area contributed by atoms with E-state index < -0.39 is 0 Å². The van der Waals surface area contributed by atoms with Crippen LogP contribution < -0.4 is 0 Å². The van der Waals surface area contributed by atoms with Crippen LogP contribution in [0.1, 0.15) is 50.3 Å². The molecule has 0 aliphatic heterocycles.